The van der Waals surface area contributed by atoms with Gasteiger partial charge in [0.25, 0.3) is 0 Å². The summed E-state index contributed by atoms with van der Waals surface area (Å²) in [5.74, 6) is 0.953. The molecule has 1 aromatic carbocycles. The van der Waals surface area contributed by atoms with E-state index in [2.05, 4.69) is 16.0 Å². The van der Waals surface area contributed by atoms with Gasteiger partial charge < -0.3 is 9.97 Å². The Morgan fingerprint density at radius 3 is 3.09 bits per heavy atom. The number of nitrogens with zero attached hydrogens (tertiary/aromatic N) is 1. The summed E-state index contributed by atoms with van der Waals surface area (Å²) < 4.78 is 0. The van der Waals surface area contributed by atoms with E-state index in [9.17, 15) is 0 Å². The number of imidazole rings is 1. The Bertz CT molecular complexity index is 321. The molecule has 0 amide bonds. The summed E-state index contributed by atoms with van der Waals surface area (Å²) in [4.78, 5) is 7.35. The standard InChI is InChI=1S/C8H7N2.Rb/c1-6-9-7-4-2-3-5-8(7)10-6;/h2,4-5H,1H3,(H,9,10);/q-1;+1. The van der Waals surface area contributed by atoms with Crippen LogP contribution in [0.25, 0.3) is 11.0 Å². The van der Waals surface area contributed by atoms with Crippen LogP contribution in [-0.4, -0.2) is 9.97 Å². The summed E-state index contributed by atoms with van der Waals surface area (Å²) in [5, 5.41) is 0. The first-order valence-corrected chi connectivity index (χ1v) is 3.19. The Hall–Kier alpha value is 0.495. The van der Waals surface area contributed by atoms with E-state index >= 15 is 0 Å². The molecule has 0 aliphatic carbocycles. The molecule has 0 saturated carbocycles. The Balaban J connectivity index is 0.000000605. The molecule has 0 radical (unpaired) electrons. The maximum absolute atomic E-state index is 4.23. The van der Waals surface area contributed by atoms with Gasteiger partial charge in [0.15, 0.2) is 0 Å². The third-order valence-corrected chi connectivity index (χ3v) is 1.45. The molecule has 0 aliphatic heterocycles. The van der Waals surface area contributed by atoms with Crippen molar-refractivity contribution in [3.8, 4) is 0 Å². The first-order chi connectivity index (χ1) is 4.86. The zero-order valence-corrected chi connectivity index (χ0v) is 11.6. The fourth-order valence-corrected chi connectivity index (χ4v) is 1.02. The second kappa shape index (κ2) is 3.94. The van der Waals surface area contributed by atoms with E-state index in [1.807, 2.05) is 25.1 Å². The zero-order valence-electron chi connectivity index (χ0n) is 6.68. The Morgan fingerprint density at radius 2 is 2.36 bits per heavy atom. The molecule has 0 atom stereocenters. The van der Waals surface area contributed by atoms with E-state index in [1.54, 1.807) is 0 Å². The number of H-pyrrole nitrogens is 1. The van der Waals surface area contributed by atoms with E-state index < -0.39 is 0 Å². The zero-order chi connectivity index (χ0) is 6.97. The first kappa shape index (κ1) is 9.58. The van der Waals surface area contributed by atoms with Crippen molar-refractivity contribution < 1.29 is 58.2 Å². The van der Waals surface area contributed by atoms with E-state index in [0.29, 0.717) is 0 Å². The minimum absolute atomic E-state index is 0. The molecule has 1 aromatic heterocycles. The molecule has 1 N–H and O–H groups in total. The van der Waals surface area contributed by atoms with Crippen LogP contribution in [0.5, 0.6) is 0 Å². The number of aryl methyl sites for hydroxylation is 1. The predicted octanol–water partition coefficient (Wildman–Crippen LogP) is -1.32. The number of hydrogen-bond donors (Lipinski definition) is 1. The van der Waals surface area contributed by atoms with Gasteiger partial charge in [0.2, 0.25) is 0 Å². The summed E-state index contributed by atoms with van der Waals surface area (Å²) in [5.41, 5.74) is 2.07. The molecule has 0 saturated heterocycles. The molecular weight excluding hydrogens is 210 g/mol. The predicted molar refractivity (Wildman–Crippen MR) is 39.7 cm³/mol. The van der Waals surface area contributed by atoms with Crippen LogP contribution in [0.4, 0.5) is 0 Å². The van der Waals surface area contributed by atoms with Gasteiger partial charge in [-0.25, -0.2) is 0 Å². The van der Waals surface area contributed by atoms with Crippen LogP contribution in [0.15, 0.2) is 18.2 Å². The van der Waals surface area contributed by atoms with Crippen molar-refractivity contribution in [1.82, 2.24) is 9.97 Å². The molecule has 3 heteroatoms. The van der Waals surface area contributed by atoms with Crippen LogP contribution in [0.1, 0.15) is 5.82 Å². The van der Waals surface area contributed by atoms with Gasteiger partial charge in [-0.2, -0.15) is 12.1 Å². The maximum atomic E-state index is 4.23. The van der Waals surface area contributed by atoms with Gasteiger partial charge >= 0.3 is 58.2 Å². The van der Waals surface area contributed by atoms with Gasteiger partial charge in [-0.1, -0.05) is 0 Å². The molecule has 2 aromatic rings. The Kier molecular flexibility index (Phi) is 3.43. The van der Waals surface area contributed by atoms with Crippen molar-refractivity contribution in [2.24, 2.45) is 0 Å². The number of fused-ring (bicyclic) bond motifs is 1. The van der Waals surface area contributed by atoms with E-state index in [0.717, 1.165) is 16.9 Å². The van der Waals surface area contributed by atoms with Crippen molar-refractivity contribution in [2.75, 3.05) is 0 Å². The quantitative estimate of drug-likeness (QED) is 0.544. The fraction of sp³-hybridized carbons (Fsp3) is 0.125. The number of benzene rings is 1. The SMILES string of the molecule is Cc1nc2c[c-]ccc2[nH]1.[Rb+]. The van der Waals surface area contributed by atoms with Crippen LogP contribution in [0.3, 0.4) is 0 Å². The van der Waals surface area contributed by atoms with E-state index in [4.69, 9.17) is 0 Å². The molecule has 2 nitrogen and oxygen atoms in total. The van der Waals surface area contributed by atoms with Gasteiger partial charge in [-0.15, -0.1) is 12.1 Å². The van der Waals surface area contributed by atoms with Crippen LogP contribution in [0, 0.1) is 13.0 Å². The second-order valence-electron chi connectivity index (χ2n) is 2.27. The number of hydrogen-bond acceptors (Lipinski definition) is 1. The normalized spacial score (nSPS) is 9.55. The minimum Gasteiger partial charge on any atom is -0.366 e. The van der Waals surface area contributed by atoms with Crippen molar-refractivity contribution in [3.05, 3.63) is 30.1 Å². The topological polar surface area (TPSA) is 28.7 Å². The number of nitrogens with one attached hydrogen (secondary N) is 1. The van der Waals surface area contributed by atoms with Crippen molar-refractivity contribution in [2.45, 2.75) is 6.92 Å². The van der Waals surface area contributed by atoms with E-state index in [1.165, 1.54) is 0 Å². The molecular formula is C8H7N2Rb. The molecule has 0 aliphatic rings. The van der Waals surface area contributed by atoms with Gasteiger partial charge in [0.1, 0.15) is 0 Å². The van der Waals surface area contributed by atoms with Gasteiger partial charge in [-0.05, 0) is 18.0 Å². The largest absolute Gasteiger partial charge is 1.00 e. The summed E-state index contributed by atoms with van der Waals surface area (Å²) >= 11 is 0. The summed E-state index contributed by atoms with van der Waals surface area (Å²) in [6.45, 7) is 1.94. The van der Waals surface area contributed by atoms with Gasteiger partial charge in [-0.3, -0.25) is 0 Å². The monoisotopic (exact) mass is 216 g/mol. The molecule has 0 unspecified atom stereocenters. The van der Waals surface area contributed by atoms with Crippen LogP contribution in [-0.2, 0) is 0 Å². The summed E-state index contributed by atoms with van der Waals surface area (Å²) in [6, 6.07) is 8.68. The van der Waals surface area contributed by atoms with Crippen molar-refractivity contribution in [1.29, 1.82) is 0 Å². The summed E-state index contributed by atoms with van der Waals surface area (Å²) in [6.07, 6.45) is 0. The summed E-state index contributed by atoms with van der Waals surface area (Å²) in [7, 11) is 0. The maximum Gasteiger partial charge on any atom is 1.00 e. The number of aromatic nitrogens is 2. The molecule has 0 spiro atoms. The van der Waals surface area contributed by atoms with Crippen molar-refractivity contribution >= 4 is 11.0 Å². The molecule has 11 heavy (non-hydrogen) atoms. The van der Waals surface area contributed by atoms with Crippen LogP contribution in [0.2, 0.25) is 0 Å². The number of aromatic amines is 1. The average molecular weight is 217 g/mol. The number of rotatable bonds is 0. The van der Waals surface area contributed by atoms with Gasteiger partial charge in [0, 0.05) is 0 Å². The third-order valence-electron chi connectivity index (χ3n) is 1.45. The third kappa shape index (κ3) is 1.99. The van der Waals surface area contributed by atoms with Gasteiger partial charge in [0.05, 0.1) is 5.82 Å². The molecule has 2 rings (SSSR count). The Morgan fingerprint density at radius 1 is 1.55 bits per heavy atom. The molecule has 1 heterocycles. The van der Waals surface area contributed by atoms with Crippen molar-refractivity contribution in [3.63, 3.8) is 0 Å². The Labute approximate surface area is 114 Å². The molecule has 0 fully saturated rings. The fourth-order valence-electron chi connectivity index (χ4n) is 1.02. The second-order valence-corrected chi connectivity index (χ2v) is 2.27. The average Bonchev–Trinajstić information content (AvgIpc) is 2.27. The minimum atomic E-state index is 0. The smallest absolute Gasteiger partial charge is 0.366 e. The molecule has 50 valence electrons. The first-order valence-electron chi connectivity index (χ1n) is 3.19. The van der Waals surface area contributed by atoms with Crippen LogP contribution < -0.4 is 58.2 Å². The molecule has 0 bridgehead atoms. The van der Waals surface area contributed by atoms with Crippen LogP contribution >= 0.6 is 0 Å². The van der Waals surface area contributed by atoms with E-state index in [-0.39, 0.29) is 58.2 Å².